The van der Waals surface area contributed by atoms with Gasteiger partial charge in [0.15, 0.2) is 0 Å². The minimum atomic E-state index is -3.68. The Bertz CT molecular complexity index is 1080. The Labute approximate surface area is 201 Å². The maximum atomic E-state index is 13.1. The van der Waals surface area contributed by atoms with Crippen molar-refractivity contribution in [2.24, 2.45) is 5.92 Å². The van der Waals surface area contributed by atoms with E-state index in [1.54, 1.807) is 0 Å². The highest BCUT2D eigenvalue weighted by Gasteiger charge is 2.32. The standard InChI is InChI=1S/C25H33FN4O3S/c1-28-13-15-29(16-14-28)19-21-4-2-3-20(17-21)18-27-25(31)22-9-11-30(12-10-22)34(32,33)24-7-5-23(26)6-8-24/h2-8,17,22H,9-16,18-19H2,1H3,(H,27,31). The Kier molecular flexibility index (Phi) is 7.98. The summed E-state index contributed by atoms with van der Waals surface area (Å²) in [4.78, 5) is 17.6. The van der Waals surface area contributed by atoms with Crippen molar-refractivity contribution in [1.82, 2.24) is 19.4 Å². The molecule has 0 unspecified atom stereocenters. The minimum absolute atomic E-state index is 0.0386. The third-order valence-corrected chi connectivity index (χ3v) is 8.65. The van der Waals surface area contributed by atoms with Gasteiger partial charge in [0.2, 0.25) is 15.9 Å². The molecular weight excluding hydrogens is 455 g/mol. The van der Waals surface area contributed by atoms with Gasteiger partial charge in [-0.1, -0.05) is 24.3 Å². The van der Waals surface area contributed by atoms with Gasteiger partial charge in [-0.25, -0.2) is 12.8 Å². The summed E-state index contributed by atoms with van der Waals surface area (Å²) in [6.07, 6.45) is 0.936. The summed E-state index contributed by atoms with van der Waals surface area (Å²) < 4.78 is 40.1. The summed E-state index contributed by atoms with van der Waals surface area (Å²) in [6.45, 7) is 6.22. The number of nitrogens with one attached hydrogen (secondary N) is 1. The fraction of sp³-hybridized carbons (Fsp3) is 0.480. The van der Waals surface area contributed by atoms with Crippen molar-refractivity contribution in [1.29, 1.82) is 0 Å². The number of nitrogens with zero attached hydrogens (tertiary/aromatic N) is 3. The quantitative estimate of drug-likeness (QED) is 0.648. The van der Waals surface area contributed by atoms with Crippen LogP contribution in [0.15, 0.2) is 53.4 Å². The Morgan fingerprint density at radius 1 is 0.971 bits per heavy atom. The number of likely N-dealkylation sites (N-methyl/N-ethyl adjacent to an activating group) is 1. The molecule has 2 aromatic rings. The lowest BCUT2D eigenvalue weighted by atomic mass is 9.97. The van der Waals surface area contributed by atoms with Crippen LogP contribution in [0.4, 0.5) is 4.39 Å². The molecule has 184 valence electrons. The first-order chi connectivity index (χ1) is 16.3. The molecule has 2 heterocycles. The summed E-state index contributed by atoms with van der Waals surface area (Å²) in [5, 5.41) is 3.03. The van der Waals surface area contributed by atoms with Crippen LogP contribution in [0.5, 0.6) is 0 Å². The van der Waals surface area contributed by atoms with Gasteiger partial charge < -0.3 is 10.2 Å². The molecule has 1 N–H and O–H groups in total. The monoisotopic (exact) mass is 488 g/mol. The second kappa shape index (κ2) is 10.9. The van der Waals surface area contributed by atoms with Gasteiger partial charge in [0, 0.05) is 58.3 Å². The third-order valence-electron chi connectivity index (χ3n) is 6.74. The highest BCUT2D eigenvalue weighted by molar-refractivity contribution is 7.89. The fourth-order valence-corrected chi connectivity index (χ4v) is 6.02. The first-order valence-corrected chi connectivity index (χ1v) is 13.3. The molecule has 0 aromatic heterocycles. The van der Waals surface area contributed by atoms with Crippen LogP contribution < -0.4 is 5.32 Å². The number of hydrogen-bond acceptors (Lipinski definition) is 5. The van der Waals surface area contributed by atoms with E-state index in [1.807, 2.05) is 12.1 Å². The Morgan fingerprint density at radius 2 is 1.62 bits per heavy atom. The van der Waals surface area contributed by atoms with Crippen LogP contribution in [-0.4, -0.2) is 74.7 Å². The maximum absolute atomic E-state index is 13.1. The van der Waals surface area contributed by atoms with Gasteiger partial charge >= 0.3 is 0 Å². The van der Waals surface area contributed by atoms with Crippen LogP contribution in [0.25, 0.3) is 0 Å². The van der Waals surface area contributed by atoms with Gasteiger partial charge in [0.05, 0.1) is 4.90 Å². The number of hydrogen-bond donors (Lipinski definition) is 1. The van der Waals surface area contributed by atoms with E-state index in [1.165, 1.54) is 22.0 Å². The van der Waals surface area contributed by atoms with E-state index in [4.69, 9.17) is 0 Å². The van der Waals surface area contributed by atoms with Gasteiger partial charge in [-0.15, -0.1) is 0 Å². The van der Waals surface area contributed by atoms with Crippen molar-refractivity contribution in [2.75, 3.05) is 46.3 Å². The molecule has 0 saturated carbocycles. The molecule has 2 saturated heterocycles. The highest BCUT2D eigenvalue weighted by atomic mass is 32.2. The average molecular weight is 489 g/mol. The largest absolute Gasteiger partial charge is 0.352 e. The van der Waals surface area contributed by atoms with Crippen LogP contribution in [0.2, 0.25) is 0 Å². The zero-order chi connectivity index (χ0) is 24.1. The number of carbonyl (C=O) groups is 1. The molecule has 2 aromatic carbocycles. The summed E-state index contributed by atoms with van der Waals surface area (Å²) in [6, 6.07) is 13.2. The second-order valence-electron chi connectivity index (χ2n) is 9.25. The average Bonchev–Trinajstić information content (AvgIpc) is 2.84. The molecular formula is C25H33FN4O3S. The number of sulfonamides is 1. The van der Waals surface area contributed by atoms with Gasteiger partial charge in [-0.05, 0) is 55.3 Å². The van der Waals surface area contributed by atoms with E-state index in [0.717, 1.165) is 50.4 Å². The van der Waals surface area contributed by atoms with E-state index in [9.17, 15) is 17.6 Å². The predicted octanol–water partition coefficient (Wildman–Crippen LogP) is 2.29. The smallest absolute Gasteiger partial charge is 0.243 e. The van der Waals surface area contributed by atoms with Crippen LogP contribution in [0.1, 0.15) is 24.0 Å². The van der Waals surface area contributed by atoms with E-state index < -0.39 is 15.8 Å². The number of carbonyl (C=O) groups excluding carboxylic acids is 1. The van der Waals surface area contributed by atoms with Gasteiger partial charge in [0.25, 0.3) is 0 Å². The molecule has 2 aliphatic heterocycles. The molecule has 7 nitrogen and oxygen atoms in total. The molecule has 9 heteroatoms. The van der Waals surface area contributed by atoms with E-state index in [2.05, 4.69) is 34.3 Å². The van der Waals surface area contributed by atoms with Crippen molar-refractivity contribution < 1.29 is 17.6 Å². The molecule has 0 spiro atoms. The van der Waals surface area contributed by atoms with Gasteiger partial charge in [-0.2, -0.15) is 4.31 Å². The number of benzene rings is 2. The SMILES string of the molecule is CN1CCN(Cc2cccc(CNC(=O)C3CCN(S(=O)(=O)c4ccc(F)cc4)CC3)c2)CC1. The van der Waals surface area contributed by atoms with Crippen LogP contribution in [0, 0.1) is 11.7 Å². The summed E-state index contributed by atoms with van der Waals surface area (Å²) in [5.41, 5.74) is 2.31. The minimum Gasteiger partial charge on any atom is -0.352 e. The summed E-state index contributed by atoms with van der Waals surface area (Å²) in [5.74, 6) is -0.726. The van der Waals surface area contributed by atoms with Crippen molar-refractivity contribution in [3.05, 3.63) is 65.5 Å². The topological polar surface area (TPSA) is 73.0 Å². The zero-order valence-electron chi connectivity index (χ0n) is 19.6. The molecule has 0 atom stereocenters. The summed E-state index contributed by atoms with van der Waals surface area (Å²) >= 11 is 0. The Hall–Kier alpha value is -2.33. The predicted molar refractivity (Wildman–Crippen MR) is 129 cm³/mol. The van der Waals surface area contributed by atoms with Crippen molar-refractivity contribution >= 4 is 15.9 Å². The molecule has 2 aliphatic rings. The molecule has 2 fully saturated rings. The third kappa shape index (κ3) is 6.21. The lowest BCUT2D eigenvalue weighted by Crippen LogP contribution is -2.43. The normalized spacial score (nSPS) is 19.2. The van der Waals surface area contributed by atoms with Crippen LogP contribution >= 0.6 is 0 Å². The first-order valence-electron chi connectivity index (χ1n) is 11.8. The number of rotatable bonds is 7. The van der Waals surface area contributed by atoms with Gasteiger partial charge in [0.1, 0.15) is 5.82 Å². The molecule has 0 bridgehead atoms. The van der Waals surface area contributed by atoms with E-state index >= 15 is 0 Å². The van der Waals surface area contributed by atoms with Gasteiger partial charge in [-0.3, -0.25) is 9.69 Å². The Balaban J connectivity index is 1.25. The fourth-order valence-electron chi connectivity index (χ4n) is 4.55. The van der Waals surface area contributed by atoms with E-state index in [0.29, 0.717) is 19.4 Å². The molecule has 34 heavy (non-hydrogen) atoms. The Morgan fingerprint density at radius 3 is 2.29 bits per heavy atom. The molecule has 0 radical (unpaired) electrons. The zero-order valence-corrected chi connectivity index (χ0v) is 20.4. The first kappa shape index (κ1) is 24.8. The van der Waals surface area contributed by atoms with Crippen LogP contribution in [-0.2, 0) is 27.9 Å². The number of piperidine rings is 1. The lowest BCUT2D eigenvalue weighted by molar-refractivity contribution is -0.126. The molecule has 1 amide bonds. The van der Waals surface area contributed by atoms with Crippen molar-refractivity contribution in [3.8, 4) is 0 Å². The number of halogens is 1. The molecule has 0 aliphatic carbocycles. The maximum Gasteiger partial charge on any atom is 0.243 e. The summed E-state index contributed by atoms with van der Waals surface area (Å²) in [7, 11) is -1.53. The second-order valence-corrected chi connectivity index (χ2v) is 11.2. The van der Waals surface area contributed by atoms with Crippen LogP contribution in [0.3, 0.4) is 0 Å². The number of piperazine rings is 1. The lowest BCUT2D eigenvalue weighted by Gasteiger charge is -2.32. The van der Waals surface area contributed by atoms with Crippen molar-refractivity contribution in [2.45, 2.75) is 30.8 Å². The number of amides is 1. The highest BCUT2D eigenvalue weighted by Crippen LogP contribution is 2.24. The molecule has 4 rings (SSSR count). The van der Waals surface area contributed by atoms with Crippen molar-refractivity contribution in [3.63, 3.8) is 0 Å². The van der Waals surface area contributed by atoms with E-state index in [-0.39, 0.29) is 29.8 Å².